The van der Waals surface area contributed by atoms with Crippen molar-refractivity contribution in [3.63, 3.8) is 0 Å². The Labute approximate surface area is 121 Å². The fraction of sp³-hybridized carbons (Fsp3) is 0.364. The predicted octanol–water partition coefficient (Wildman–Crippen LogP) is 1.88. The molecule has 104 valence electrons. The predicted molar refractivity (Wildman–Crippen MR) is 73.0 cm³/mol. The first kappa shape index (κ1) is 14.6. The number of rotatable bonds is 2. The Morgan fingerprint density at radius 2 is 1.79 bits per heavy atom. The SMILES string of the molecule is NS(=O)(=O)c1ccc(Cl)c(C(=O)N2CCCC2)c1Cl. The van der Waals surface area contributed by atoms with E-state index in [9.17, 15) is 13.2 Å². The van der Waals surface area contributed by atoms with Gasteiger partial charge in [-0.25, -0.2) is 13.6 Å². The summed E-state index contributed by atoms with van der Waals surface area (Å²) in [5, 5.41) is 4.95. The van der Waals surface area contributed by atoms with E-state index >= 15 is 0 Å². The largest absolute Gasteiger partial charge is 0.339 e. The summed E-state index contributed by atoms with van der Waals surface area (Å²) < 4.78 is 22.8. The zero-order valence-corrected chi connectivity index (χ0v) is 12.2. The van der Waals surface area contributed by atoms with Gasteiger partial charge in [-0.05, 0) is 25.0 Å². The lowest BCUT2D eigenvalue weighted by atomic mass is 10.2. The second-order valence-corrected chi connectivity index (χ2v) is 6.59. The van der Waals surface area contributed by atoms with Gasteiger partial charge in [0.1, 0.15) is 4.90 Å². The molecule has 0 unspecified atom stereocenters. The van der Waals surface area contributed by atoms with E-state index in [-0.39, 0.29) is 26.4 Å². The number of primary sulfonamides is 1. The van der Waals surface area contributed by atoms with Gasteiger partial charge in [0.2, 0.25) is 10.0 Å². The van der Waals surface area contributed by atoms with Crippen LogP contribution in [0.1, 0.15) is 23.2 Å². The van der Waals surface area contributed by atoms with Crippen LogP contribution in [-0.4, -0.2) is 32.3 Å². The molecule has 2 rings (SSSR count). The van der Waals surface area contributed by atoms with Crippen LogP contribution in [0, 0.1) is 0 Å². The van der Waals surface area contributed by atoms with Gasteiger partial charge in [0, 0.05) is 13.1 Å². The molecule has 0 spiro atoms. The molecule has 0 aromatic heterocycles. The minimum absolute atomic E-state index is 0.00300. The van der Waals surface area contributed by atoms with Gasteiger partial charge in [-0.2, -0.15) is 0 Å². The highest BCUT2D eigenvalue weighted by molar-refractivity contribution is 7.89. The van der Waals surface area contributed by atoms with Crippen LogP contribution in [0.2, 0.25) is 10.0 Å². The zero-order chi connectivity index (χ0) is 14.2. The Hall–Kier alpha value is -0.820. The first-order chi connectivity index (χ1) is 8.82. The molecule has 1 aliphatic rings. The smallest absolute Gasteiger partial charge is 0.256 e. The van der Waals surface area contributed by atoms with Gasteiger partial charge >= 0.3 is 0 Å². The van der Waals surface area contributed by atoms with E-state index < -0.39 is 10.0 Å². The van der Waals surface area contributed by atoms with Crippen molar-refractivity contribution in [2.24, 2.45) is 5.14 Å². The Balaban J connectivity index is 2.53. The van der Waals surface area contributed by atoms with Crippen LogP contribution in [0.5, 0.6) is 0 Å². The van der Waals surface area contributed by atoms with E-state index in [1.165, 1.54) is 12.1 Å². The van der Waals surface area contributed by atoms with Crippen molar-refractivity contribution in [2.75, 3.05) is 13.1 Å². The Morgan fingerprint density at radius 3 is 2.32 bits per heavy atom. The van der Waals surface area contributed by atoms with Crippen molar-refractivity contribution in [1.82, 2.24) is 4.90 Å². The number of nitrogens with zero attached hydrogens (tertiary/aromatic N) is 1. The third kappa shape index (κ3) is 2.86. The van der Waals surface area contributed by atoms with Crippen molar-refractivity contribution in [3.05, 3.63) is 27.7 Å². The molecule has 5 nitrogen and oxygen atoms in total. The number of halogens is 2. The molecule has 8 heteroatoms. The number of amides is 1. The summed E-state index contributed by atoms with van der Waals surface area (Å²) in [5.41, 5.74) is -0.00300. The third-order valence-corrected chi connectivity index (χ3v) is 4.74. The van der Waals surface area contributed by atoms with Crippen LogP contribution in [0.3, 0.4) is 0 Å². The maximum absolute atomic E-state index is 12.3. The fourth-order valence-electron chi connectivity index (χ4n) is 2.03. The minimum atomic E-state index is -3.99. The first-order valence-corrected chi connectivity index (χ1v) is 7.92. The second kappa shape index (κ2) is 5.28. The standard InChI is InChI=1S/C11H12Cl2N2O3S/c12-7-3-4-8(19(14,17)18)10(13)9(7)11(16)15-5-1-2-6-15/h3-4H,1-2,5-6H2,(H2,14,17,18). The molecule has 1 aliphatic heterocycles. The van der Waals surface area contributed by atoms with Gasteiger partial charge in [-0.15, -0.1) is 0 Å². The topological polar surface area (TPSA) is 80.5 Å². The lowest BCUT2D eigenvalue weighted by Crippen LogP contribution is -2.28. The van der Waals surface area contributed by atoms with Crippen LogP contribution in [0.4, 0.5) is 0 Å². The van der Waals surface area contributed by atoms with Gasteiger partial charge in [-0.1, -0.05) is 23.2 Å². The number of carbonyl (C=O) groups is 1. The van der Waals surface area contributed by atoms with E-state index in [1.807, 2.05) is 0 Å². The van der Waals surface area contributed by atoms with E-state index in [1.54, 1.807) is 4.90 Å². The summed E-state index contributed by atoms with van der Waals surface area (Å²) in [4.78, 5) is 13.6. The average Bonchev–Trinajstić information content (AvgIpc) is 2.80. The normalized spacial score (nSPS) is 15.8. The summed E-state index contributed by atoms with van der Waals surface area (Å²) in [6.45, 7) is 1.23. The quantitative estimate of drug-likeness (QED) is 0.902. The molecule has 1 aromatic rings. The molecule has 0 aliphatic carbocycles. The summed E-state index contributed by atoms with van der Waals surface area (Å²) in [7, 11) is -3.99. The fourth-order valence-corrected chi connectivity index (χ4v) is 3.49. The van der Waals surface area contributed by atoms with Crippen molar-refractivity contribution >= 4 is 39.1 Å². The molecular formula is C11H12Cl2N2O3S. The van der Waals surface area contributed by atoms with Crippen LogP contribution < -0.4 is 5.14 Å². The Kier molecular flexibility index (Phi) is 4.06. The average molecular weight is 323 g/mol. The number of nitrogens with two attached hydrogens (primary N) is 1. The van der Waals surface area contributed by atoms with Crippen molar-refractivity contribution in [1.29, 1.82) is 0 Å². The highest BCUT2D eigenvalue weighted by Gasteiger charge is 2.27. The number of hydrogen-bond donors (Lipinski definition) is 1. The summed E-state index contributed by atoms with van der Waals surface area (Å²) in [5.74, 6) is -0.363. The van der Waals surface area contributed by atoms with Crippen molar-refractivity contribution in [3.8, 4) is 0 Å². The molecule has 0 radical (unpaired) electrons. The maximum atomic E-state index is 12.3. The van der Waals surface area contributed by atoms with Gasteiger partial charge in [0.15, 0.2) is 0 Å². The molecule has 1 amide bonds. The van der Waals surface area contributed by atoms with Crippen LogP contribution in [0.15, 0.2) is 17.0 Å². The van der Waals surface area contributed by atoms with Crippen molar-refractivity contribution in [2.45, 2.75) is 17.7 Å². The molecule has 2 N–H and O–H groups in total. The number of likely N-dealkylation sites (tertiary alicyclic amines) is 1. The van der Waals surface area contributed by atoms with Crippen LogP contribution in [0.25, 0.3) is 0 Å². The molecule has 1 aromatic carbocycles. The summed E-state index contributed by atoms with van der Waals surface area (Å²) in [6, 6.07) is 2.51. The van der Waals surface area contributed by atoms with E-state index in [0.717, 1.165) is 12.8 Å². The lowest BCUT2D eigenvalue weighted by Gasteiger charge is -2.18. The lowest BCUT2D eigenvalue weighted by molar-refractivity contribution is 0.0793. The number of sulfonamides is 1. The first-order valence-electron chi connectivity index (χ1n) is 5.62. The monoisotopic (exact) mass is 322 g/mol. The van der Waals surface area contributed by atoms with E-state index in [4.69, 9.17) is 28.3 Å². The highest BCUT2D eigenvalue weighted by atomic mass is 35.5. The summed E-state index contributed by atoms with van der Waals surface area (Å²) in [6.07, 6.45) is 1.83. The van der Waals surface area contributed by atoms with Gasteiger partial charge < -0.3 is 4.90 Å². The number of hydrogen-bond acceptors (Lipinski definition) is 3. The van der Waals surface area contributed by atoms with E-state index in [0.29, 0.717) is 13.1 Å². The van der Waals surface area contributed by atoms with Crippen LogP contribution >= 0.6 is 23.2 Å². The molecule has 0 bridgehead atoms. The van der Waals surface area contributed by atoms with E-state index in [2.05, 4.69) is 0 Å². The molecule has 1 heterocycles. The molecule has 1 saturated heterocycles. The highest BCUT2D eigenvalue weighted by Crippen LogP contribution is 2.32. The molecule has 0 saturated carbocycles. The molecule has 1 fully saturated rings. The summed E-state index contributed by atoms with van der Waals surface area (Å²) >= 11 is 11.9. The number of carbonyl (C=O) groups excluding carboxylic acids is 1. The Morgan fingerprint density at radius 1 is 1.21 bits per heavy atom. The molecular weight excluding hydrogens is 311 g/mol. The molecule has 0 atom stereocenters. The molecule has 19 heavy (non-hydrogen) atoms. The third-order valence-electron chi connectivity index (χ3n) is 2.97. The van der Waals surface area contributed by atoms with Gasteiger partial charge in [0.25, 0.3) is 5.91 Å². The second-order valence-electron chi connectivity index (χ2n) is 4.28. The van der Waals surface area contributed by atoms with Gasteiger partial charge in [-0.3, -0.25) is 4.79 Å². The minimum Gasteiger partial charge on any atom is -0.339 e. The maximum Gasteiger partial charge on any atom is 0.256 e. The number of benzene rings is 1. The Bertz CT molecular complexity index is 625. The van der Waals surface area contributed by atoms with Crippen molar-refractivity contribution < 1.29 is 13.2 Å². The van der Waals surface area contributed by atoms with Crippen LogP contribution in [-0.2, 0) is 10.0 Å². The zero-order valence-electron chi connectivity index (χ0n) is 9.90. The van der Waals surface area contributed by atoms with Gasteiger partial charge in [0.05, 0.1) is 15.6 Å².